The van der Waals surface area contributed by atoms with Crippen LogP contribution in [0.4, 0.5) is 10.1 Å². The maximum atomic E-state index is 13.1. The summed E-state index contributed by atoms with van der Waals surface area (Å²) in [6.07, 6.45) is 6.71. The van der Waals surface area contributed by atoms with Crippen LogP contribution in [0.15, 0.2) is 41.8 Å². The molecule has 22 heavy (non-hydrogen) atoms. The summed E-state index contributed by atoms with van der Waals surface area (Å²) < 4.78 is 13.1. The Balaban J connectivity index is 0.000000470. The molecule has 1 aromatic heterocycles. The number of anilines is 1. The Labute approximate surface area is 137 Å². The third-order valence-corrected chi connectivity index (χ3v) is 3.46. The van der Waals surface area contributed by atoms with E-state index in [1.165, 1.54) is 30.2 Å². The molecule has 1 heterocycles. The van der Waals surface area contributed by atoms with Gasteiger partial charge < -0.3 is 10.8 Å². The van der Waals surface area contributed by atoms with Gasteiger partial charge in [-0.05, 0) is 42.0 Å². The fourth-order valence-corrected chi connectivity index (χ4v) is 2.25. The lowest BCUT2D eigenvalue weighted by Gasteiger charge is -2.03. The van der Waals surface area contributed by atoms with Crippen molar-refractivity contribution in [3.63, 3.8) is 0 Å². The number of allylic oxidation sites excluding steroid dienone is 2. The zero-order valence-corrected chi connectivity index (χ0v) is 14.6. The van der Waals surface area contributed by atoms with E-state index in [-0.39, 0.29) is 5.69 Å². The summed E-state index contributed by atoms with van der Waals surface area (Å²) in [6, 6.07) is 6.58. The van der Waals surface area contributed by atoms with Crippen LogP contribution < -0.4 is 5.73 Å². The Morgan fingerprint density at radius 3 is 2.18 bits per heavy atom. The molecule has 0 saturated carbocycles. The van der Waals surface area contributed by atoms with Crippen LogP contribution in [0.25, 0.3) is 10.4 Å². The summed E-state index contributed by atoms with van der Waals surface area (Å²) in [5, 5.41) is 11.0. The molecule has 2 rings (SSSR count). The molecule has 0 aliphatic carbocycles. The monoisotopic (exact) mass is 323 g/mol. The molecule has 2 nitrogen and oxygen atoms in total. The van der Waals surface area contributed by atoms with Crippen molar-refractivity contribution in [2.45, 2.75) is 40.5 Å². The predicted octanol–water partition coefficient (Wildman–Crippen LogP) is 6.23. The number of rotatable bonds is 3. The van der Waals surface area contributed by atoms with Gasteiger partial charge in [-0.25, -0.2) is 4.39 Å². The summed E-state index contributed by atoms with van der Waals surface area (Å²) in [5.41, 5.74) is 6.19. The van der Waals surface area contributed by atoms with E-state index in [4.69, 9.17) is 10.8 Å². The van der Waals surface area contributed by atoms with Gasteiger partial charge in [0.05, 0.1) is 5.69 Å². The van der Waals surface area contributed by atoms with Crippen LogP contribution in [0.1, 0.15) is 40.5 Å². The van der Waals surface area contributed by atoms with E-state index in [1.807, 2.05) is 31.4 Å². The molecule has 0 amide bonds. The Morgan fingerprint density at radius 1 is 1.18 bits per heavy atom. The molecule has 4 heteroatoms. The van der Waals surface area contributed by atoms with Crippen molar-refractivity contribution in [2.75, 3.05) is 5.73 Å². The van der Waals surface area contributed by atoms with Crippen molar-refractivity contribution in [1.82, 2.24) is 0 Å². The highest BCUT2D eigenvalue weighted by atomic mass is 32.1. The standard InChI is InChI=1S/C10H8FNOS.C6H12.C2H6/c11-7-4-6(5-8(12)10(7)13)9-2-1-3-14-9;1-3-5-6-4-2;1-2/h1-5,13H,12H2;5-6H,3-4H2,1-2H3;1-2H3/b;6-5-;. The molecule has 0 bridgehead atoms. The summed E-state index contributed by atoms with van der Waals surface area (Å²) in [6.45, 7) is 8.29. The first-order valence-electron chi connectivity index (χ1n) is 7.57. The highest BCUT2D eigenvalue weighted by Crippen LogP contribution is 2.32. The first kappa shape index (κ1) is 20.2. The minimum absolute atomic E-state index is 0.0633. The molecular formula is C18H26FNOS. The highest BCUT2D eigenvalue weighted by Gasteiger charge is 2.08. The molecule has 122 valence electrons. The normalized spacial score (nSPS) is 9.68. The number of aromatic hydroxyl groups is 1. The lowest BCUT2D eigenvalue weighted by molar-refractivity contribution is 0.435. The number of phenols is 1. The van der Waals surface area contributed by atoms with Crippen LogP contribution in [0.2, 0.25) is 0 Å². The van der Waals surface area contributed by atoms with Gasteiger partial charge in [0.15, 0.2) is 11.6 Å². The highest BCUT2D eigenvalue weighted by molar-refractivity contribution is 7.13. The minimum atomic E-state index is -0.687. The van der Waals surface area contributed by atoms with Gasteiger partial charge in [-0.3, -0.25) is 0 Å². The molecule has 0 saturated heterocycles. The fraction of sp³-hybridized carbons (Fsp3) is 0.333. The lowest BCUT2D eigenvalue weighted by atomic mass is 10.1. The zero-order chi connectivity index (χ0) is 17.0. The van der Waals surface area contributed by atoms with Crippen molar-refractivity contribution in [1.29, 1.82) is 0 Å². The van der Waals surface area contributed by atoms with Gasteiger partial charge >= 0.3 is 0 Å². The molecule has 0 unspecified atom stereocenters. The molecule has 0 aliphatic rings. The second-order valence-corrected chi connectivity index (χ2v) is 5.11. The number of nitrogens with two attached hydrogens (primary N) is 1. The maximum absolute atomic E-state index is 13.1. The van der Waals surface area contributed by atoms with Crippen molar-refractivity contribution in [2.24, 2.45) is 0 Å². The van der Waals surface area contributed by atoms with E-state index in [1.54, 1.807) is 6.07 Å². The van der Waals surface area contributed by atoms with E-state index in [9.17, 15) is 4.39 Å². The van der Waals surface area contributed by atoms with Gasteiger partial charge in [-0.2, -0.15) is 0 Å². The topological polar surface area (TPSA) is 46.2 Å². The Bertz CT molecular complexity index is 521. The van der Waals surface area contributed by atoms with Gasteiger partial charge in [-0.1, -0.05) is 45.9 Å². The van der Waals surface area contributed by atoms with Gasteiger partial charge in [0.25, 0.3) is 0 Å². The minimum Gasteiger partial charge on any atom is -0.503 e. The summed E-state index contributed by atoms with van der Waals surface area (Å²) in [5.74, 6) is -1.17. The molecule has 1 aromatic carbocycles. The van der Waals surface area contributed by atoms with Gasteiger partial charge in [0.1, 0.15) is 0 Å². The summed E-state index contributed by atoms with van der Waals surface area (Å²) in [4.78, 5) is 0.926. The van der Waals surface area contributed by atoms with Crippen LogP contribution >= 0.6 is 11.3 Å². The molecule has 2 aromatic rings. The van der Waals surface area contributed by atoms with Crippen molar-refractivity contribution in [3.8, 4) is 16.2 Å². The molecule has 0 atom stereocenters. The average molecular weight is 323 g/mol. The smallest absolute Gasteiger partial charge is 0.174 e. The Hall–Kier alpha value is -1.81. The molecular weight excluding hydrogens is 297 g/mol. The average Bonchev–Trinajstić information content (AvgIpc) is 3.07. The molecule has 0 spiro atoms. The Kier molecular flexibility index (Phi) is 10.8. The van der Waals surface area contributed by atoms with E-state index < -0.39 is 11.6 Å². The van der Waals surface area contributed by atoms with Gasteiger partial charge in [-0.15, -0.1) is 11.3 Å². The van der Waals surface area contributed by atoms with Crippen LogP contribution in [0.3, 0.4) is 0 Å². The van der Waals surface area contributed by atoms with E-state index in [0.717, 1.165) is 4.88 Å². The number of hydrogen-bond acceptors (Lipinski definition) is 3. The number of phenolic OH excluding ortho intramolecular Hbond substituents is 1. The Morgan fingerprint density at radius 2 is 1.77 bits per heavy atom. The SMILES string of the molecule is CC.CC/C=C\CC.Nc1cc(-c2cccs2)cc(F)c1O. The first-order valence-corrected chi connectivity index (χ1v) is 8.44. The maximum Gasteiger partial charge on any atom is 0.174 e. The number of benzene rings is 1. The molecule has 0 aliphatic heterocycles. The fourth-order valence-electron chi connectivity index (χ4n) is 1.54. The number of hydrogen-bond donors (Lipinski definition) is 2. The second kappa shape index (κ2) is 11.8. The number of halogens is 1. The molecule has 0 radical (unpaired) electrons. The van der Waals surface area contributed by atoms with Crippen LogP contribution in [-0.2, 0) is 0 Å². The second-order valence-electron chi connectivity index (χ2n) is 4.16. The zero-order valence-electron chi connectivity index (χ0n) is 13.8. The number of nitrogen functional groups attached to an aromatic ring is 1. The van der Waals surface area contributed by atoms with Crippen LogP contribution in [0.5, 0.6) is 5.75 Å². The largest absolute Gasteiger partial charge is 0.503 e. The van der Waals surface area contributed by atoms with Crippen molar-refractivity contribution < 1.29 is 9.50 Å². The molecule has 3 N–H and O–H groups in total. The molecule has 0 fully saturated rings. The predicted molar refractivity (Wildman–Crippen MR) is 96.9 cm³/mol. The van der Waals surface area contributed by atoms with Crippen LogP contribution in [-0.4, -0.2) is 5.11 Å². The van der Waals surface area contributed by atoms with E-state index in [0.29, 0.717) is 5.56 Å². The first-order chi connectivity index (χ1) is 10.6. The van der Waals surface area contributed by atoms with Crippen molar-refractivity contribution in [3.05, 3.63) is 47.6 Å². The quantitative estimate of drug-likeness (QED) is 0.399. The van der Waals surface area contributed by atoms with Crippen LogP contribution in [0, 0.1) is 5.82 Å². The summed E-state index contributed by atoms with van der Waals surface area (Å²) >= 11 is 1.50. The van der Waals surface area contributed by atoms with Gasteiger partial charge in [0, 0.05) is 4.88 Å². The van der Waals surface area contributed by atoms with Crippen molar-refractivity contribution >= 4 is 17.0 Å². The number of thiophene rings is 1. The third kappa shape index (κ3) is 6.76. The lowest BCUT2D eigenvalue weighted by Crippen LogP contribution is -1.89. The van der Waals surface area contributed by atoms with E-state index in [2.05, 4.69) is 26.0 Å². The van der Waals surface area contributed by atoms with E-state index >= 15 is 0 Å². The third-order valence-electron chi connectivity index (χ3n) is 2.54. The van der Waals surface area contributed by atoms with Gasteiger partial charge in [0.2, 0.25) is 0 Å². The summed E-state index contributed by atoms with van der Waals surface area (Å²) in [7, 11) is 0.